The monoisotopic (exact) mass is 239 g/mol. The number of nitro groups is 1. The van der Waals surface area contributed by atoms with E-state index in [0.717, 1.165) is 0 Å². The normalized spacial score (nSPS) is 10.5. The van der Waals surface area contributed by atoms with Gasteiger partial charge in [0.25, 0.3) is 5.69 Å². The first-order chi connectivity index (χ1) is 8.09. The number of nitro benzene ring substituents is 1. The van der Waals surface area contributed by atoms with E-state index in [-0.39, 0.29) is 5.69 Å². The molecule has 0 aliphatic carbocycles. The molecule has 5 heteroatoms. The summed E-state index contributed by atoms with van der Waals surface area (Å²) >= 11 is 0. The second-order valence-corrected chi connectivity index (χ2v) is 4.07. The Hall–Kier alpha value is -1.62. The topological polar surface area (TPSA) is 61.6 Å². The summed E-state index contributed by atoms with van der Waals surface area (Å²) in [5, 5.41) is 10.4. The third-order valence-corrected chi connectivity index (χ3v) is 2.00. The molecule has 1 aromatic carbocycles. The van der Waals surface area contributed by atoms with Gasteiger partial charge in [0.2, 0.25) is 0 Å². The van der Waals surface area contributed by atoms with Gasteiger partial charge in [-0.05, 0) is 18.1 Å². The van der Waals surface area contributed by atoms with Crippen LogP contribution in [0.15, 0.2) is 24.3 Å². The predicted molar refractivity (Wildman–Crippen MR) is 64.2 cm³/mol. The van der Waals surface area contributed by atoms with Crippen LogP contribution in [-0.4, -0.2) is 24.7 Å². The zero-order valence-corrected chi connectivity index (χ0v) is 10.1. The summed E-state index contributed by atoms with van der Waals surface area (Å²) in [7, 11) is 0. The molecule has 5 nitrogen and oxygen atoms in total. The third kappa shape index (κ3) is 5.31. The number of nitrogens with zero attached hydrogens (tertiary/aromatic N) is 1. The van der Waals surface area contributed by atoms with Gasteiger partial charge >= 0.3 is 0 Å². The summed E-state index contributed by atoms with van der Waals surface area (Å²) in [4.78, 5) is 9.98. The van der Waals surface area contributed by atoms with Gasteiger partial charge in [0.1, 0.15) is 12.4 Å². The van der Waals surface area contributed by atoms with Crippen molar-refractivity contribution in [3.8, 4) is 5.75 Å². The highest BCUT2D eigenvalue weighted by atomic mass is 16.6. The quantitative estimate of drug-likeness (QED) is 0.417. The van der Waals surface area contributed by atoms with Gasteiger partial charge in [0, 0.05) is 18.7 Å². The summed E-state index contributed by atoms with van der Waals surface area (Å²) < 4.78 is 10.7. The van der Waals surface area contributed by atoms with Crippen LogP contribution < -0.4 is 4.74 Å². The molecule has 0 saturated carbocycles. The summed E-state index contributed by atoms with van der Waals surface area (Å²) in [6.45, 7) is 5.84. The Balaban J connectivity index is 2.25. The molecule has 0 saturated heterocycles. The van der Waals surface area contributed by atoms with Gasteiger partial charge in [0.05, 0.1) is 11.5 Å². The average Bonchev–Trinajstić information content (AvgIpc) is 2.29. The third-order valence-electron chi connectivity index (χ3n) is 2.00. The first-order valence-corrected chi connectivity index (χ1v) is 5.54. The molecule has 0 aliphatic rings. The van der Waals surface area contributed by atoms with Crippen LogP contribution in [0.2, 0.25) is 0 Å². The van der Waals surface area contributed by atoms with Crippen LogP contribution >= 0.6 is 0 Å². The number of benzene rings is 1. The lowest BCUT2D eigenvalue weighted by atomic mass is 10.2. The molecule has 0 N–H and O–H groups in total. The lowest BCUT2D eigenvalue weighted by molar-refractivity contribution is -0.384. The summed E-state index contributed by atoms with van der Waals surface area (Å²) in [5.41, 5.74) is 0.0633. The fraction of sp³-hybridized carbons (Fsp3) is 0.500. The number of hydrogen-bond donors (Lipinski definition) is 0. The van der Waals surface area contributed by atoms with Gasteiger partial charge in [0.15, 0.2) is 0 Å². The van der Waals surface area contributed by atoms with Crippen LogP contribution in [0.3, 0.4) is 0 Å². The van der Waals surface area contributed by atoms with Crippen molar-refractivity contribution in [1.29, 1.82) is 0 Å². The minimum Gasteiger partial charge on any atom is -0.491 e. The Morgan fingerprint density at radius 3 is 2.41 bits per heavy atom. The molecule has 0 bridgehead atoms. The van der Waals surface area contributed by atoms with Crippen LogP contribution in [0.5, 0.6) is 5.75 Å². The highest BCUT2D eigenvalue weighted by molar-refractivity contribution is 5.35. The molecular formula is C12H17NO4. The van der Waals surface area contributed by atoms with Crippen LogP contribution in [-0.2, 0) is 4.74 Å². The second-order valence-electron chi connectivity index (χ2n) is 4.07. The molecule has 94 valence electrons. The first-order valence-electron chi connectivity index (χ1n) is 5.54. The van der Waals surface area contributed by atoms with Crippen LogP contribution in [0.4, 0.5) is 5.69 Å². The molecule has 0 amide bonds. The van der Waals surface area contributed by atoms with E-state index in [1.165, 1.54) is 12.1 Å². The minimum absolute atomic E-state index is 0.0633. The van der Waals surface area contributed by atoms with Crippen molar-refractivity contribution in [2.24, 2.45) is 5.92 Å². The Labute approximate surface area is 101 Å². The SMILES string of the molecule is CC(C)COCCOc1ccc([N+](=O)[O-])cc1. The molecule has 0 fully saturated rings. The van der Waals surface area contributed by atoms with E-state index in [2.05, 4.69) is 13.8 Å². The molecular weight excluding hydrogens is 222 g/mol. The van der Waals surface area contributed by atoms with Gasteiger partial charge in [-0.1, -0.05) is 13.8 Å². The van der Waals surface area contributed by atoms with Gasteiger partial charge < -0.3 is 9.47 Å². The maximum atomic E-state index is 10.4. The van der Waals surface area contributed by atoms with E-state index < -0.39 is 4.92 Å². The van der Waals surface area contributed by atoms with E-state index in [9.17, 15) is 10.1 Å². The number of rotatable bonds is 7. The highest BCUT2D eigenvalue weighted by Crippen LogP contribution is 2.16. The van der Waals surface area contributed by atoms with E-state index in [1.54, 1.807) is 12.1 Å². The fourth-order valence-corrected chi connectivity index (χ4v) is 1.20. The largest absolute Gasteiger partial charge is 0.491 e. The Morgan fingerprint density at radius 2 is 1.88 bits per heavy atom. The maximum Gasteiger partial charge on any atom is 0.269 e. The van der Waals surface area contributed by atoms with E-state index in [1.807, 2.05) is 0 Å². The molecule has 1 aromatic rings. The van der Waals surface area contributed by atoms with Crippen LogP contribution in [0.1, 0.15) is 13.8 Å². The van der Waals surface area contributed by atoms with E-state index in [4.69, 9.17) is 9.47 Å². The van der Waals surface area contributed by atoms with Crippen LogP contribution in [0, 0.1) is 16.0 Å². The van der Waals surface area contributed by atoms with Crippen molar-refractivity contribution in [3.63, 3.8) is 0 Å². The van der Waals surface area contributed by atoms with Crippen molar-refractivity contribution in [2.75, 3.05) is 19.8 Å². The molecule has 0 aromatic heterocycles. The minimum atomic E-state index is -0.435. The van der Waals surface area contributed by atoms with Gasteiger partial charge in [-0.2, -0.15) is 0 Å². The molecule has 0 heterocycles. The maximum absolute atomic E-state index is 10.4. The highest BCUT2D eigenvalue weighted by Gasteiger charge is 2.04. The molecule has 0 aliphatic heterocycles. The lowest BCUT2D eigenvalue weighted by Gasteiger charge is -2.08. The fourth-order valence-electron chi connectivity index (χ4n) is 1.20. The second kappa shape index (κ2) is 6.85. The number of ether oxygens (including phenoxy) is 2. The molecule has 0 atom stereocenters. The van der Waals surface area contributed by atoms with Gasteiger partial charge in [-0.15, -0.1) is 0 Å². The Bertz CT molecular complexity index is 348. The zero-order valence-electron chi connectivity index (χ0n) is 10.1. The van der Waals surface area contributed by atoms with Crippen molar-refractivity contribution in [1.82, 2.24) is 0 Å². The molecule has 0 spiro atoms. The summed E-state index contributed by atoms with van der Waals surface area (Å²) in [6, 6.07) is 6.01. The summed E-state index contributed by atoms with van der Waals surface area (Å²) in [5.74, 6) is 1.12. The summed E-state index contributed by atoms with van der Waals surface area (Å²) in [6.07, 6.45) is 0. The number of hydrogen-bond acceptors (Lipinski definition) is 4. The van der Waals surface area contributed by atoms with Crippen molar-refractivity contribution >= 4 is 5.69 Å². The molecule has 1 rings (SSSR count). The molecule has 0 unspecified atom stereocenters. The first kappa shape index (κ1) is 13.4. The average molecular weight is 239 g/mol. The number of non-ortho nitro benzene ring substituents is 1. The van der Waals surface area contributed by atoms with Crippen molar-refractivity contribution < 1.29 is 14.4 Å². The van der Waals surface area contributed by atoms with Crippen molar-refractivity contribution in [3.05, 3.63) is 34.4 Å². The Kier molecular flexibility index (Phi) is 5.42. The van der Waals surface area contributed by atoms with E-state index >= 15 is 0 Å². The lowest BCUT2D eigenvalue weighted by Crippen LogP contribution is -2.10. The van der Waals surface area contributed by atoms with Crippen molar-refractivity contribution in [2.45, 2.75) is 13.8 Å². The van der Waals surface area contributed by atoms with Crippen LogP contribution in [0.25, 0.3) is 0 Å². The van der Waals surface area contributed by atoms with Gasteiger partial charge in [-0.25, -0.2) is 0 Å². The van der Waals surface area contributed by atoms with E-state index in [0.29, 0.717) is 31.5 Å². The predicted octanol–water partition coefficient (Wildman–Crippen LogP) is 2.65. The zero-order chi connectivity index (χ0) is 12.7. The van der Waals surface area contributed by atoms with Gasteiger partial charge in [-0.3, -0.25) is 10.1 Å². The standard InChI is InChI=1S/C12H17NO4/c1-10(2)9-16-7-8-17-12-5-3-11(4-6-12)13(14)15/h3-6,10H,7-9H2,1-2H3. The Morgan fingerprint density at radius 1 is 1.24 bits per heavy atom. The molecule has 0 radical (unpaired) electrons. The smallest absolute Gasteiger partial charge is 0.269 e. The molecule has 17 heavy (non-hydrogen) atoms.